The summed E-state index contributed by atoms with van der Waals surface area (Å²) in [6.07, 6.45) is 2.85. The van der Waals surface area contributed by atoms with Crippen LogP contribution in [0.5, 0.6) is 11.5 Å². The zero-order chi connectivity index (χ0) is 48.1. The Bertz CT molecular complexity index is 3090. The average molecular weight is 961 g/mol. The number of anilines is 3. The molecule has 2 atom stereocenters. The lowest BCUT2D eigenvalue weighted by Crippen LogP contribution is -2.52. The molecular formula is C49H50F2N10O7S. The third-order valence-corrected chi connectivity index (χ3v) is 15.6. The van der Waals surface area contributed by atoms with Crippen molar-refractivity contribution in [2.24, 2.45) is 5.92 Å². The number of halogens is 2. The topological polar surface area (TPSA) is 194 Å². The van der Waals surface area contributed by atoms with Crippen LogP contribution < -0.4 is 30.1 Å². The van der Waals surface area contributed by atoms with Crippen LogP contribution in [0, 0.1) is 30.0 Å². The largest absolute Gasteiger partial charge is 0.453 e. The minimum atomic E-state index is -4.24. The number of amides is 3. The molecule has 69 heavy (non-hydrogen) atoms. The Kier molecular flexibility index (Phi) is 12.3. The molecule has 0 spiro atoms. The lowest BCUT2D eigenvalue weighted by Gasteiger charge is -2.40. The Hall–Kier alpha value is -6.95. The van der Waals surface area contributed by atoms with Crippen LogP contribution in [0.15, 0.2) is 77.9 Å². The maximum atomic E-state index is 15.2. The van der Waals surface area contributed by atoms with Crippen molar-refractivity contribution in [3.8, 4) is 23.3 Å². The zero-order valence-electron chi connectivity index (χ0n) is 37.9. The van der Waals surface area contributed by atoms with Crippen molar-refractivity contribution in [3.63, 3.8) is 0 Å². The highest BCUT2D eigenvalue weighted by Crippen LogP contribution is 2.37. The fourth-order valence-electron chi connectivity index (χ4n) is 10.3. The van der Waals surface area contributed by atoms with Gasteiger partial charge in [0.1, 0.15) is 35.9 Å². The summed E-state index contributed by atoms with van der Waals surface area (Å²) in [6, 6.07) is 19.2. The second-order valence-corrected chi connectivity index (χ2v) is 20.0. The molecular weight excluding hydrogens is 911 g/mol. The van der Waals surface area contributed by atoms with Gasteiger partial charge in [-0.1, -0.05) is 0 Å². The van der Waals surface area contributed by atoms with Crippen molar-refractivity contribution in [1.82, 2.24) is 29.0 Å². The van der Waals surface area contributed by atoms with Gasteiger partial charge in [-0.05, 0) is 116 Å². The normalized spacial score (nSPS) is 20.6. The number of carbonyl (C=O) groups is 3. The number of nitriles is 1. The van der Waals surface area contributed by atoms with Crippen molar-refractivity contribution in [3.05, 3.63) is 111 Å². The van der Waals surface area contributed by atoms with E-state index >= 15 is 4.39 Å². The van der Waals surface area contributed by atoms with E-state index in [0.717, 1.165) is 97.6 Å². The van der Waals surface area contributed by atoms with Crippen LogP contribution in [-0.2, 0) is 26.3 Å². The molecule has 0 aliphatic carbocycles. The highest BCUT2D eigenvalue weighted by Gasteiger charge is 2.40. The van der Waals surface area contributed by atoms with Gasteiger partial charge in [0.15, 0.2) is 11.6 Å². The Morgan fingerprint density at radius 1 is 0.884 bits per heavy atom. The van der Waals surface area contributed by atoms with Crippen LogP contribution in [0.4, 0.5) is 25.8 Å². The van der Waals surface area contributed by atoms with E-state index in [1.165, 1.54) is 29.1 Å². The van der Waals surface area contributed by atoms with Gasteiger partial charge in [-0.3, -0.25) is 38.7 Å². The molecule has 17 nitrogen and oxygen atoms in total. The summed E-state index contributed by atoms with van der Waals surface area (Å²) in [4.78, 5) is 64.8. The minimum absolute atomic E-state index is 0.0156. The third kappa shape index (κ3) is 8.97. The number of alkyl halides is 1. The number of nitrogens with one attached hydrogen (secondary N) is 2. The summed E-state index contributed by atoms with van der Waals surface area (Å²) in [7, 11) is -4.24. The van der Waals surface area contributed by atoms with Crippen molar-refractivity contribution >= 4 is 55.9 Å². The summed E-state index contributed by atoms with van der Waals surface area (Å²) in [5.74, 6) is -1.76. The number of benzene rings is 4. The van der Waals surface area contributed by atoms with E-state index in [2.05, 4.69) is 36.6 Å². The summed E-state index contributed by atoms with van der Waals surface area (Å²) < 4.78 is 65.2. The van der Waals surface area contributed by atoms with Gasteiger partial charge in [0.25, 0.3) is 11.5 Å². The third-order valence-electron chi connectivity index (χ3n) is 14.2. The van der Waals surface area contributed by atoms with Gasteiger partial charge in [0.05, 0.1) is 22.3 Å². The van der Waals surface area contributed by atoms with Gasteiger partial charge in [-0.2, -0.15) is 18.0 Å². The van der Waals surface area contributed by atoms with Gasteiger partial charge < -0.3 is 19.4 Å². The molecule has 3 amide bonds. The van der Waals surface area contributed by atoms with Gasteiger partial charge >= 0.3 is 10.2 Å². The van der Waals surface area contributed by atoms with Gasteiger partial charge in [-0.25, -0.2) is 13.8 Å². The molecule has 5 aliphatic rings. The molecule has 0 bridgehead atoms. The molecule has 5 aromatic rings. The van der Waals surface area contributed by atoms with Gasteiger partial charge in [-0.15, -0.1) is 0 Å². The first-order valence-electron chi connectivity index (χ1n) is 23.2. The highest BCUT2D eigenvalue weighted by atomic mass is 32.2. The number of imide groups is 1. The molecule has 6 heterocycles. The van der Waals surface area contributed by atoms with Crippen molar-refractivity contribution < 1.29 is 36.3 Å². The van der Waals surface area contributed by atoms with Crippen LogP contribution in [0.2, 0.25) is 0 Å². The fourth-order valence-corrected chi connectivity index (χ4v) is 11.6. The summed E-state index contributed by atoms with van der Waals surface area (Å²) >= 11 is 0. The smallest absolute Gasteiger partial charge is 0.301 e. The Labute approximate surface area is 397 Å². The predicted octanol–water partition coefficient (Wildman–Crippen LogP) is 5.00. The predicted molar refractivity (Wildman–Crippen MR) is 253 cm³/mol. The average Bonchev–Trinajstić information content (AvgIpc) is 3.94. The molecule has 0 saturated carbocycles. The van der Waals surface area contributed by atoms with Crippen LogP contribution in [0.25, 0.3) is 16.6 Å². The number of hydrogen-bond donors (Lipinski definition) is 2. The van der Waals surface area contributed by atoms with Crippen molar-refractivity contribution in [2.75, 3.05) is 73.4 Å². The number of nitrogens with zero attached hydrogens (tertiary/aromatic N) is 8. The number of hydrogen-bond acceptors (Lipinski definition) is 12. The Balaban J connectivity index is 0.738. The SMILES string of the molecule is Cc1c(N2CCC(CN3CCN(c4ccc(-n5cnc6ccc(Oc7c(F)ccc(NS(=O)(=O)N8CC[C@@H](F)C8)c7C#N)cc6c5=O)cc4)CC3)CC2)ccc2c1CN([C@@H]1CCC(=O)NC1=O)C2=O. The maximum absolute atomic E-state index is 15.2. The zero-order valence-corrected chi connectivity index (χ0v) is 38.7. The maximum Gasteiger partial charge on any atom is 0.301 e. The van der Waals surface area contributed by atoms with Crippen LogP contribution in [0.1, 0.15) is 59.2 Å². The number of ether oxygens (including phenoxy) is 1. The van der Waals surface area contributed by atoms with Crippen molar-refractivity contribution in [2.45, 2.75) is 57.8 Å². The molecule has 4 aromatic carbocycles. The lowest BCUT2D eigenvalue weighted by molar-refractivity contribution is -0.136. The molecule has 0 unspecified atom stereocenters. The Morgan fingerprint density at radius 3 is 2.35 bits per heavy atom. The molecule has 0 radical (unpaired) electrons. The molecule has 358 valence electrons. The standard InChI is InChI=1S/C49H50F2N10O7S/c1-30-39-28-60(44-12-13-45(62)54-47(44)63)48(64)36(39)7-11-43(30)58-17-14-31(15-18-58)26-56-20-22-57(23-21-56)33-2-4-34(5-3-33)61-29-53-41-9-6-35(24-37(41)49(61)65)68-46-38(25-52)42(10-8-40(46)51)55-69(66,67)59-19-16-32(50)27-59/h2-11,24,29,31-32,44,55H,12-23,26-28H2,1H3,(H,54,62,63)/t32-,44-/m1/s1. The minimum Gasteiger partial charge on any atom is -0.453 e. The number of rotatable bonds is 11. The summed E-state index contributed by atoms with van der Waals surface area (Å²) in [5.41, 5.74) is 4.69. The van der Waals surface area contributed by atoms with E-state index in [-0.39, 0.29) is 54.6 Å². The summed E-state index contributed by atoms with van der Waals surface area (Å²) in [6.45, 7) is 8.45. The van der Waals surface area contributed by atoms with E-state index in [1.54, 1.807) is 11.0 Å². The molecule has 4 saturated heterocycles. The quantitative estimate of drug-likeness (QED) is 0.169. The first-order valence-corrected chi connectivity index (χ1v) is 24.6. The molecule has 10 rings (SSSR count). The van der Waals surface area contributed by atoms with E-state index in [4.69, 9.17) is 4.74 Å². The van der Waals surface area contributed by atoms with Gasteiger partial charge in [0, 0.05) is 88.8 Å². The number of piperazine rings is 1. The number of aromatic nitrogens is 2. The lowest BCUT2D eigenvalue weighted by atomic mass is 9.94. The second-order valence-electron chi connectivity index (χ2n) is 18.3. The molecule has 1 aromatic heterocycles. The van der Waals surface area contributed by atoms with Crippen LogP contribution >= 0.6 is 0 Å². The number of piperidine rings is 2. The molecule has 4 fully saturated rings. The van der Waals surface area contributed by atoms with E-state index in [0.29, 0.717) is 35.7 Å². The highest BCUT2D eigenvalue weighted by molar-refractivity contribution is 7.90. The van der Waals surface area contributed by atoms with E-state index in [1.807, 2.05) is 36.4 Å². The fraction of sp³-hybridized carbons (Fsp3) is 0.388. The number of fused-ring (bicyclic) bond motifs is 2. The first-order chi connectivity index (χ1) is 33.2. The second kappa shape index (κ2) is 18.5. The van der Waals surface area contributed by atoms with Crippen LogP contribution in [-0.4, -0.2) is 121 Å². The van der Waals surface area contributed by atoms with Gasteiger partial charge in [0.2, 0.25) is 11.8 Å². The Morgan fingerprint density at radius 2 is 1.64 bits per heavy atom. The molecule has 20 heteroatoms. The number of carbonyl (C=O) groups excluding carboxylic acids is 3. The monoisotopic (exact) mass is 960 g/mol. The van der Waals surface area contributed by atoms with E-state index in [9.17, 15) is 37.2 Å². The molecule has 5 aliphatic heterocycles. The van der Waals surface area contributed by atoms with Crippen LogP contribution in [0.3, 0.4) is 0 Å². The summed E-state index contributed by atoms with van der Waals surface area (Å²) in [5, 5.41) is 12.5. The van der Waals surface area contributed by atoms with E-state index < -0.39 is 51.0 Å². The molecule has 2 N–H and O–H groups in total. The first kappa shape index (κ1) is 45.8. The van der Waals surface area contributed by atoms with Crippen molar-refractivity contribution in [1.29, 1.82) is 5.26 Å².